The van der Waals surface area contributed by atoms with E-state index in [2.05, 4.69) is 6.07 Å². The van der Waals surface area contributed by atoms with E-state index in [-0.39, 0.29) is 17.6 Å². The third-order valence-corrected chi connectivity index (χ3v) is 4.71. The third-order valence-electron chi connectivity index (χ3n) is 2.50. The second-order valence-electron chi connectivity index (χ2n) is 4.50. The minimum absolute atomic E-state index is 0.124. The van der Waals surface area contributed by atoms with E-state index in [4.69, 9.17) is 5.26 Å². The average Bonchev–Trinajstić information content (AvgIpc) is 2.16. The average molecular weight is 230 g/mol. The molecule has 0 spiro atoms. The predicted molar refractivity (Wildman–Crippen MR) is 58.5 cm³/mol. The molecule has 1 fully saturated rings. The molecular formula is C10H18N2O2S. The Labute approximate surface area is 91.9 Å². The van der Waals surface area contributed by atoms with E-state index in [9.17, 15) is 8.42 Å². The van der Waals surface area contributed by atoms with Crippen LogP contribution in [0.4, 0.5) is 0 Å². The zero-order chi connectivity index (χ0) is 11.5. The Balaban J connectivity index is 2.67. The number of rotatable bonds is 3. The molecule has 0 bridgehead atoms. The van der Waals surface area contributed by atoms with Gasteiger partial charge in [-0.3, -0.25) is 0 Å². The van der Waals surface area contributed by atoms with E-state index < -0.39 is 10.0 Å². The van der Waals surface area contributed by atoms with Gasteiger partial charge in [0.1, 0.15) is 0 Å². The number of nitrogens with zero attached hydrogens (tertiary/aromatic N) is 2. The Morgan fingerprint density at radius 2 is 2.20 bits per heavy atom. The normalized spacial score (nSPS) is 24.0. The fourth-order valence-electron chi connectivity index (χ4n) is 1.83. The molecule has 0 amide bonds. The molecule has 86 valence electrons. The van der Waals surface area contributed by atoms with Crippen molar-refractivity contribution in [2.75, 3.05) is 18.8 Å². The lowest BCUT2D eigenvalue weighted by molar-refractivity contribution is 0.303. The summed E-state index contributed by atoms with van der Waals surface area (Å²) in [4.78, 5) is 0. The molecule has 0 radical (unpaired) electrons. The molecule has 0 N–H and O–H groups in total. The van der Waals surface area contributed by atoms with Crippen LogP contribution in [0.15, 0.2) is 0 Å². The first-order valence-corrected chi connectivity index (χ1v) is 6.94. The van der Waals surface area contributed by atoms with Crippen LogP contribution in [0, 0.1) is 23.2 Å². The molecule has 0 aromatic rings. The lowest BCUT2D eigenvalue weighted by Crippen LogP contribution is -2.41. The Hall–Kier alpha value is -0.600. The maximum absolute atomic E-state index is 11.9. The zero-order valence-corrected chi connectivity index (χ0v) is 10.1. The molecule has 1 heterocycles. The summed E-state index contributed by atoms with van der Waals surface area (Å²) in [7, 11) is -3.14. The quantitative estimate of drug-likeness (QED) is 0.732. The van der Waals surface area contributed by atoms with Crippen molar-refractivity contribution >= 4 is 10.0 Å². The molecule has 4 nitrogen and oxygen atoms in total. The Morgan fingerprint density at radius 3 is 2.73 bits per heavy atom. The summed E-state index contributed by atoms with van der Waals surface area (Å²) in [6.45, 7) is 4.74. The second kappa shape index (κ2) is 4.95. The summed E-state index contributed by atoms with van der Waals surface area (Å²) in [5.41, 5.74) is 0. The molecule has 0 aromatic heterocycles. The molecule has 0 aliphatic carbocycles. The Kier molecular flexibility index (Phi) is 4.12. The SMILES string of the molecule is CC(C)CS(=O)(=O)N1CCCC(C#N)C1. The van der Waals surface area contributed by atoms with Crippen LogP contribution in [-0.4, -0.2) is 31.6 Å². The van der Waals surface area contributed by atoms with E-state index in [0.29, 0.717) is 13.1 Å². The highest BCUT2D eigenvalue weighted by molar-refractivity contribution is 7.89. The van der Waals surface area contributed by atoms with Gasteiger partial charge in [-0.2, -0.15) is 5.26 Å². The topological polar surface area (TPSA) is 61.2 Å². The van der Waals surface area contributed by atoms with Gasteiger partial charge in [-0.25, -0.2) is 12.7 Å². The lowest BCUT2D eigenvalue weighted by Gasteiger charge is -2.29. The number of hydrogen-bond acceptors (Lipinski definition) is 3. The van der Waals surface area contributed by atoms with Gasteiger partial charge < -0.3 is 0 Å². The first-order valence-electron chi connectivity index (χ1n) is 5.33. The molecule has 1 aliphatic rings. The molecule has 1 aliphatic heterocycles. The van der Waals surface area contributed by atoms with Crippen molar-refractivity contribution in [1.29, 1.82) is 5.26 Å². The van der Waals surface area contributed by atoms with Gasteiger partial charge >= 0.3 is 0 Å². The van der Waals surface area contributed by atoms with Gasteiger partial charge in [0.2, 0.25) is 10.0 Å². The summed E-state index contributed by atoms with van der Waals surface area (Å²) >= 11 is 0. The van der Waals surface area contributed by atoms with Gasteiger partial charge in [-0.05, 0) is 18.8 Å². The summed E-state index contributed by atoms with van der Waals surface area (Å²) in [5, 5.41) is 8.78. The molecule has 0 saturated carbocycles. The third kappa shape index (κ3) is 3.47. The van der Waals surface area contributed by atoms with Gasteiger partial charge in [0.25, 0.3) is 0 Å². The Morgan fingerprint density at radius 1 is 1.53 bits per heavy atom. The fraction of sp³-hybridized carbons (Fsp3) is 0.900. The van der Waals surface area contributed by atoms with Crippen LogP contribution in [0.1, 0.15) is 26.7 Å². The van der Waals surface area contributed by atoms with Crippen LogP contribution in [0.2, 0.25) is 0 Å². The van der Waals surface area contributed by atoms with Crippen LogP contribution in [0.25, 0.3) is 0 Å². The highest BCUT2D eigenvalue weighted by Gasteiger charge is 2.29. The largest absolute Gasteiger partial charge is 0.214 e. The molecule has 0 aromatic carbocycles. The van der Waals surface area contributed by atoms with Crippen molar-refractivity contribution in [2.45, 2.75) is 26.7 Å². The highest BCUT2D eigenvalue weighted by atomic mass is 32.2. The van der Waals surface area contributed by atoms with Crippen molar-refractivity contribution in [2.24, 2.45) is 11.8 Å². The fourth-order valence-corrected chi connectivity index (χ4v) is 3.69. The first-order chi connectivity index (χ1) is 6.95. The number of piperidine rings is 1. The van der Waals surface area contributed by atoms with Gasteiger partial charge in [-0.1, -0.05) is 13.8 Å². The van der Waals surface area contributed by atoms with Crippen molar-refractivity contribution in [3.63, 3.8) is 0 Å². The van der Waals surface area contributed by atoms with E-state index in [1.807, 2.05) is 13.8 Å². The minimum atomic E-state index is -3.14. The van der Waals surface area contributed by atoms with E-state index in [1.54, 1.807) is 0 Å². The van der Waals surface area contributed by atoms with Crippen LogP contribution in [-0.2, 0) is 10.0 Å². The van der Waals surface area contributed by atoms with Crippen LogP contribution >= 0.6 is 0 Å². The smallest absolute Gasteiger partial charge is 0.212 e. The molecule has 1 atom stereocenters. The van der Waals surface area contributed by atoms with Crippen LogP contribution in [0.5, 0.6) is 0 Å². The molecule has 1 unspecified atom stereocenters. The predicted octanol–water partition coefficient (Wildman–Crippen LogP) is 1.21. The summed E-state index contributed by atoms with van der Waals surface area (Å²) in [6.07, 6.45) is 1.62. The first kappa shape index (κ1) is 12.5. The van der Waals surface area contributed by atoms with Crippen LogP contribution < -0.4 is 0 Å². The van der Waals surface area contributed by atoms with Crippen LogP contribution in [0.3, 0.4) is 0 Å². The lowest BCUT2D eigenvalue weighted by atomic mass is 10.0. The summed E-state index contributed by atoms with van der Waals surface area (Å²) < 4.78 is 25.2. The molecule has 1 saturated heterocycles. The molecule has 1 rings (SSSR count). The molecule has 15 heavy (non-hydrogen) atoms. The molecular weight excluding hydrogens is 212 g/mol. The van der Waals surface area contributed by atoms with Gasteiger partial charge in [0.05, 0.1) is 17.7 Å². The van der Waals surface area contributed by atoms with E-state index in [0.717, 1.165) is 12.8 Å². The maximum atomic E-state index is 11.9. The number of sulfonamides is 1. The summed E-state index contributed by atoms with van der Waals surface area (Å²) in [5.74, 6) is 0.198. The monoisotopic (exact) mass is 230 g/mol. The second-order valence-corrected chi connectivity index (χ2v) is 6.51. The van der Waals surface area contributed by atoms with Gasteiger partial charge in [0.15, 0.2) is 0 Å². The van der Waals surface area contributed by atoms with Gasteiger partial charge in [-0.15, -0.1) is 0 Å². The van der Waals surface area contributed by atoms with E-state index in [1.165, 1.54) is 4.31 Å². The van der Waals surface area contributed by atoms with Gasteiger partial charge in [0, 0.05) is 13.1 Å². The zero-order valence-electron chi connectivity index (χ0n) is 9.31. The van der Waals surface area contributed by atoms with E-state index >= 15 is 0 Å². The van der Waals surface area contributed by atoms with Crippen molar-refractivity contribution in [3.8, 4) is 6.07 Å². The summed E-state index contributed by atoms with van der Waals surface area (Å²) in [6, 6.07) is 2.15. The van der Waals surface area contributed by atoms with Crippen molar-refractivity contribution in [1.82, 2.24) is 4.31 Å². The Bertz CT molecular complexity index is 343. The maximum Gasteiger partial charge on any atom is 0.214 e. The van der Waals surface area contributed by atoms with Crippen molar-refractivity contribution in [3.05, 3.63) is 0 Å². The molecule has 5 heteroatoms. The van der Waals surface area contributed by atoms with Crippen molar-refractivity contribution < 1.29 is 8.42 Å². The standard InChI is InChI=1S/C10H18N2O2S/c1-9(2)8-15(13,14)12-5-3-4-10(6-11)7-12/h9-10H,3-5,7-8H2,1-2H3. The number of nitriles is 1. The highest BCUT2D eigenvalue weighted by Crippen LogP contribution is 2.19. The number of hydrogen-bond donors (Lipinski definition) is 0. The minimum Gasteiger partial charge on any atom is -0.212 e.